The zero-order valence-electron chi connectivity index (χ0n) is 18.3. The molecule has 0 atom stereocenters. The molecule has 2 N–H and O–H groups in total. The number of phenolic OH excluding ortho intramolecular Hbond substituents is 1. The van der Waals surface area contributed by atoms with Crippen LogP contribution in [0, 0.1) is 5.92 Å². The third kappa shape index (κ3) is 4.62. The molecule has 7 heteroatoms. The van der Waals surface area contributed by atoms with Crippen molar-refractivity contribution in [3.8, 4) is 17.2 Å². The van der Waals surface area contributed by atoms with Gasteiger partial charge >= 0.3 is 5.97 Å². The van der Waals surface area contributed by atoms with Crippen molar-refractivity contribution in [2.75, 3.05) is 19.7 Å². The number of carbonyl (C=O) groups excluding carboxylic acids is 1. The maximum absolute atomic E-state index is 13.0. The topological polar surface area (TPSA) is 90.4 Å². The average molecular weight is 439 g/mol. The summed E-state index contributed by atoms with van der Waals surface area (Å²) >= 11 is 0. The van der Waals surface area contributed by atoms with Crippen LogP contribution in [0.4, 0.5) is 0 Å². The minimum atomic E-state index is -0.415. The van der Waals surface area contributed by atoms with E-state index >= 15 is 0 Å². The molecule has 1 aliphatic heterocycles. The van der Waals surface area contributed by atoms with Crippen LogP contribution in [0.1, 0.15) is 42.6 Å². The molecule has 1 fully saturated rings. The van der Waals surface area contributed by atoms with E-state index in [9.17, 15) is 14.7 Å². The van der Waals surface area contributed by atoms with Crippen molar-refractivity contribution >= 4 is 16.9 Å². The Hall–Kier alpha value is -3.32. The van der Waals surface area contributed by atoms with Gasteiger partial charge in [0.1, 0.15) is 24.3 Å². The molecule has 2 heterocycles. The van der Waals surface area contributed by atoms with Gasteiger partial charge in [0, 0.05) is 0 Å². The fourth-order valence-corrected chi connectivity index (χ4v) is 4.07. The molecule has 168 valence electrons. The number of quaternary nitrogens is 1. The van der Waals surface area contributed by atoms with Crippen LogP contribution in [-0.4, -0.2) is 30.8 Å². The molecule has 1 aromatic heterocycles. The molecule has 1 aliphatic rings. The lowest BCUT2D eigenvalue weighted by Gasteiger charge is -2.27. The van der Waals surface area contributed by atoms with Crippen molar-refractivity contribution in [3.05, 3.63) is 64.0 Å². The lowest BCUT2D eigenvalue weighted by atomic mass is 9.98. The Morgan fingerprint density at radius 1 is 1.16 bits per heavy atom. The standard InChI is InChI=1S/C25H27NO6/c1-3-30-25(29)17-4-6-18(7-5-17)32-22-15-31-24-19(23(22)28)8-9-21(27)20(24)14-26-12-10-16(2)11-13-26/h4-9,15-16,27H,3,10-14H2,1-2H3/p+1. The molecule has 0 saturated carbocycles. The van der Waals surface area contributed by atoms with Gasteiger partial charge in [-0.05, 0) is 62.1 Å². The van der Waals surface area contributed by atoms with Gasteiger partial charge in [-0.25, -0.2) is 4.79 Å². The third-order valence-electron chi connectivity index (χ3n) is 5.99. The first-order valence-corrected chi connectivity index (χ1v) is 11.0. The van der Waals surface area contributed by atoms with E-state index in [1.165, 1.54) is 11.2 Å². The molecule has 0 spiro atoms. The predicted molar refractivity (Wildman–Crippen MR) is 119 cm³/mol. The minimum Gasteiger partial charge on any atom is -0.507 e. The molecule has 0 aliphatic carbocycles. The first-order valence-electron chi connectivity index (χ1n) is 11.0. The normalized spacial score (nSPS) is 18.4. The Morgan fingerprint density at radius 3 is 2.56 bits per heavy atom. The molecule has 1 saturated heterocycles. The number of piperidine rings is 1. The fraction of sp³-hybridized carbons (Fsp3) is 0.360. The van der Waals surface area contributed by atoms with Crippen LogP contribution in [0.5, 0.6) is 17.2 Å². The second kappa shape index (κ2) is 9.44. The van der Waals surface area contributed by atoms with Crippen LogP contribution in [0.25, 0.3) is 11.0 Å². The minimum absolute atomic E-state index is 0.0390. The molecule has 2 aromatic carbocycles. The first-order chi connectivity index (χ1) is 15.5. The van der Waals surface area contributed by atoms with Gasteiger partial charge in [-0.15, -0.1) is 0 Å². The number of benzene rings is 2. The Labute approximate surface area is 186 Å². The summed E-state index contributed by atoms with van der Waals surface area (Å²) < 4.78 is 16.5. The van der Waals surface area contributed by atoms with E-state index < -0.39 is 5.97 Å². The molecule has 32 heavy (non-hydrogen) atoms. The van der Waals surface area contributed by atoms with Crippen LogP contribution < -0.4 is 15.1 Å². The summed E-state index contributed by atoms with van der Waals surface area (Å²) in [7, 11) is 0. The van der Waals surface area contributed by atoms with Gasteiger partial charge in [-0.2, -0.15) is 0 Å². The van der Waals surface area contributed by atoms with Crippen molar-refractivity contribution in [1.82, 2.24) is 0 Å². The molecular formula is C25H28NO6+. The number of hydrogen-bond acceptors (Lipinski definition) is 6. The second-order valence-electron chi connectivity index (χ2n) is 8.33. The first kappa shape index (κ1) is 21.9. The van der Waals surface area contributed by atoms with Crippen LogP contribution in [0.2, 0.25) is 0 Å². The van der Waals surface area contributed by atoms with E-state index in [1.807, 2.05) is 0 Å². The van der Waals surface area contributed by atoms with Gasteiger partial charge in [0.25, 0.3) is 0 Å². The maximum atomic E-state index is 13.0. The van der Waals surface area contributed by atoms with Crippen LogP contribution >= 0.6 is 0 Å². The van der Waals surface area contributed by atoms with E-state index in [1.54, 1.807) is 43.3 Å². The van der Waals surface area contributed by atoms with Crippen molar-refractivity contribution < 1.29 is 28.7 Å². The summed E-state index contributed by atoms with van der Waals surface area (Å²) in [6.45, 7) is 6.97. The highest BCUT2D eigenvalue weighted by Gasteiger charge is 2.23. The average Bonchev–Trinajstić information content (AvgIpc) is 2.79. The van der Waals surface area contributed by atoms with E-state index in [-0.39, 0.29) is 16.9 Å². The zero-order chi connectivity index (χ0) is 22.7. The lowest BCUT2D eigenvalue weighted by Crippen LogP contribution is -3.11. The highest BCUT2D eigenvalue weighted by molar-refractivity contribution is 5.89. The van der Waals surface area contributed by atoms with Crippen LogP contribution in [0.15, 0.2) is 51.9 Å². The smallest absolute Gasteiger partial charge is 0.338 e. The molecule has 7 nitrogen and oxygen atoms in total. The molecule has 4 rings (SSSR count). The largest absolute Gasteiger partial charge is 0.507 e. The molecule has 0 radical (unpaired) electrons. The summed E-state index contributed by atoms with van der Waals surface area (Å²) in [5.74, 6) is 0.883. The summed E-state index contributed by atoms with van der Waals surface area (Å²) in [5.41, 5.74) is 1.13. The number of nitrogens with one attached hydrogen (secondary N) is 1. The van der Waals surface area contributed by atoms with E-state index in [2.05, 4.69) is 6.92 Å². The molecule has 3 aromatic rings. The van der Waals surface area contributed by atoms with Crippen molar-refractivity contribution in [2.45, 2.75) is 33.2 Å². The number of phenols is 1. The Kier molecular flexibility index (Phi) is 6.46. The van der Waals surface area contributed by atoms with Crippen LogP contribution in [0.3, 0.4) is 0 Å². The summed E-state index contributed by atoms with van der Waals surface area (Å²) in [6, 6.07) is 9.45. The Morgan fingerprint density at radius 2 is 1.88 bits per heavy atom. The van der Waals surface area contributed by atoms with Gasteiger partial charge in [-0.3, -0.25) is 4.79 Å². The highest BCUT2D eigenvalue weighted by Crippen LogP contribution is 2.28. The zero-order valence-corrected chi connectivity index (χ0v) is 18.3. The quantitative estimate of drug-likeness (QED) is 0.574. The van der Waals surface area contributed by atoms with Crippen molar-refractivity contribution in [1.29, 1.82) is 0 Å². The monoisotopic (exact) mass is 438 g/mol. The summed E-state index contributed by atoms with van der Waals surface area (Å²) in [4.78, 5) is 26.2. The highest BCUT2D eigenvalue weighted by atomic mass is 16.5. The number of hydrogen-bond donors (Lipinski definition) is 2. The number of fused-ring (bicyclic) bond motifs is 1. The van der Waals surface area contributed by atoms with Gasteiger partial charge in [0.15, 0.2) is 5.58 Å². The molecular weight excluding hydrogens is 410 g/mol. The predicted octanol–water partition coefficient (Wildman–Crippen LogP) is 3.28. The van der Waals surface area contributed by atoms with Gasteiger partial charge in [-0.1, -0.05) is 6.92 Å². The van der Waals surface area contributed by atoms with Crippen molar-refractivity contribution in [3.63, 3.8) is 0 Å². The number of carbonyl (C=O) groups is 1. The maximum Gasteiger partial charge on any atom is 0.338 e. The molecule has 0 unspecified atom stereocenters. The number of esters is 1. The van der Waals surface area contributed by atoms with E-state index in [4.69, 9.17) is 13.9 Å². The number of likely N-dealkylation sites (tertiary alicyclic amines) is 1. The van der Waals surface area contributed by atoms with E-state index in [0.29, 0.717) is 41.0 Å². The van der Waals surface area contributed by atoms with E-state index in [0.717, 1.165) is 31.8 Å². The molecule has 0 bridgehead atoms. The number of ether oxygens (including phenoxy) is 2. The Bertz CT molecular complexity index is 1160. The van der Waals surface area contributed by atoms with Crippen molar-refractivity contribution in [2.24, 2.45) is 5.92 Å². The summed E-state index contributed by atoms with van der Waals surface area (Å²) in [6.07, 6.45) is 3.58. The van der Waals surface area contributed by atoms with Crippen LogP contribution in [-0.2, 0) is 11.3 Å². The summed E-state index contributed by atoms with van der Waals surface area (Å²) in [5, 5.41) is 10.8. The number of rotatable bonds is 6. The lowest BCUT2D eigenvalue weighted by molar-refractivity contribution is -0.919. The molecule has 0 amide bonds. The number of aromatic hydroxyl groups is 1. The SMILES string of the molecule is CCOC(=O)c1ccc(Oc2coc3c(C[NH+]4CCC(C)CC4)c(O)ccc3c2=O)cc1. The fourth-order valence-electron chi connectivity index (χ4n) is 4.07. The Balaban J connectivity index is 1.58. The third-order valence-corrected chi connectivity index (χ3v) is 5.99. The van der Waals surface area contributed by atoms with Gasteiger partial charge in [0.05, 0.1) is 36.2 Å². The van der Waals surface area contributed by atoms with Gasteiger partial charge in [0.2, 0.25) is 11.2 Å². The van der Waals surface area contributed by atoms with Gasteiger partial charge < -0.3 is 23.9 Å². The second-order valence-corrected chi connectivity index (χ2v) is 8.33.